The average molecular weight is 330 g/mol. The van der Waals surface area contributed by atoms with E-state index in [9.17, 15) is 4.79 Å². The van der Waals surface area contributed by atoms with Gasteiger partial charge in [0.05, 0.1) is 10.6 Å². The molecule has 22 heavy (non-hydrogen) atoms. The maximum absolute atomic E-state index is 12.6. The molecule has 7 heteroatoms. The number of ether oxygens (including phenoxy) is 2. The lowest BCUT2D eigenvalue weighted by molar-refractivity contribution is -0.113. The van der Waals surface area contributed by atoms with E-state index in [0.717, 1.165) is 16.6 Å². The molecule has 0 aliphatic carbocycles. The molecule has 0 spiro atoms. The number of thioether (sulfide) groups is 1. The number of hydrogen-bond acceptors (Lipinski definition) is 6. The summed E-state index contributed by atoms with van der Waals surface area (Å²) in [6.45, 7) is 0.183. The summed E-state index contributed by atoms with van der Waals surface area (Å²) in [5.74, 6) is 1.06. The third-order valence-corrected chi connectivity index (χ3v) is 4.96. The number of amidine groups is 1. The van der Waals surface area contributed by atoms with E-state index in [1.54, 1.807) is 29.5 Å². The summed E-state index contributed by atoms with van der Waals surface area (Å²) in [7, 11) is 0. The van der Waals surface area contributed by atoms with Crippen molar-refractivity contribution < 1.29 is 14.3 Å². The average Bonchev–Trinajstić information content (AvgIpc) is 3.21. The lowest BCUT2D eigenvalue weighted by Gasteiger charge is -2.14. The molecule has 0 saturated carbocycles. The number of nitrogens with zero attached hydrogens (tertiary/aromatic N) is 1. The molecule has 1 aromatic heterocycles. The van der Waals surface area contributed by atoms with Gasteiger partial charge in [-0.05, 0) is 41.4 Å². The fraction of sp³-hybridized carbons (Fsp3) is 0.0667. The van der Waals surface area contributed by atoms with Crippen LogP contribution in [0.15, 0.2) is 40.6 Å². The first kappa shape index (κ1) is 13.4. The van der Waals surface area contributed by atoms with Gasteiger partial charge in [-0.1, -0.05) is 6.07 Å². The molecule has 4 rings (SSSR count). The first-order valence-electron chi connectivity index (χ1n) is 6.48. The highest BCUT2D eigenvalue weighted by molar-refractivity contribution is 8.19. The topological polar surface area (TPSA) is 62.6 Å². The fourth-order valence-corrected chi connectivity index (χ4v) is 3.83. The number of fused-ring (bicyclic) bond motifs is 1. The van der Waals surface area contributed by atoms with Crippen molar-refractivity contribution in [1.82, 2.24) is 0 Å². The molecular weight excluding hydrogens is 320 g/mol. The van der Waals surface area contributed by atoms with Gasteiger partial charge in [0, 0.05) is 10.9 Å². The molecule has 5 nitrogen and oxygen atoms in total. The number of hydrogen-bond donors (Lipinski definition) is 1. The maximum Gasteiger partial charge on any atom is 0.271 e. The smallest absolute Gasteiger partial charge is 0.271 e. The minimum absolute atomic E-state index is 0.183. The number of carbonyl (C=O) groups is 1. The van der Waals surface area contributed by atoms with Crippen molar-refractivity contribution in [2.75, 3.05) is 11.7 Å². The van der Waals surface area contributed by atoms with Crippen molar-refractivity contribution in [3.8, 4) is 11.5 Å². The Morgan fingerprint density at radius 3 is 2.91 bits per heavy atom. The molecule has 3 heterocycles. The monoisotopic (exact) mass is 330 g/mol. The fourth-order valence-electron chi connectivity index (χ4n) is 2.25. The zero-order chi connectivity index (χ0) is 15.1. The second-order valence-electron chi connectivity index (χ2n) is 4.61. The van der Waals surface area contributed by atoms with Crippen LogP contribution >= 0.6 is 23.1 Å². The molecule has 0 bridgehead atoms. The predicted octanol–water partition coefficient (Wildman–Crippen LogP) is 3.53. The molecule has 1 amide bonds. The lowest BCUT2D eigenvalue weighted by atomic mass is 10.2. The van der Waals surface area contributed by atoms with E-state index in [1.165, 1.54) is 4.90 Å². The van der Waals surface area contributed by atoms with Crippen molar-refractivity contribution in [1.29, 1.82) is 5.41 Å². The normalized spacial score (nSPS) is 18.5. The molecule has 2 aliphatic rings. The Labute approximate surface area is 134 Å². The van der Waals surface area contributed by atoms with Crippen molar-refractivity contribution in [2.24, 2.45) is 0 Å². The van der Waals surface area contributed by atoms with Crippen LogP contribution in [0, 0.1) is 5.41 Å². The van der Waals surface area contributed by atoms with Crippen LogP contribution in [-0.2, 0) is 4.79 Å². The van der Waals surface area contributed by atoms with Gasteiger partial charge >= 0.3 is 0 Å². The van der Waals surface area contributed by atoms with E-state index in [4.69, 9.17) is 14.9 Å². The molecule has 0 radical (unpaired) electrons. The van der Waals surface area contributed by atoms with Crippen LogP contribution in [0.25, 0.3) is 6.08 Å². The summed E-state index contributed by atoms with van der Waals surface area (Å²) in [6, 6.07) is 9.11. The molecule has 2 aliphatic heterocycles. The summed E-state index contributed by atoms with van der Waals surface area (Å²) < 4.78 is 10.6. The van der Waals surface area contributed by atoms with Crippen LogP contribution in [0.2, 0.25) is 0 Å². The molecule has 1 saturated heterocycles. The Morgan fingerprint density at radius 2 is 2.09 bits per heavy atom. The number of anilines is 1. The van der Waals surface area contributed by atoms with Gasteiger partial charge in [-0.15, -0.1) is 11.3 Å². The van der Waals surface area contributed by atoms with Gasteiger partial charge < -0.3 is 9.47 Å². The zero-order valence-electron chi connectivity index (χ0n) is 11.2. The Bertz CT molecular complexity index is 799. The lowest BCUT2D eigenvalue weighted by Crippen LogP contribution is -2.27. The van der Waals surface area contributed by atoms with Crippen molar-refractivity contribution in [3.05, 3.63) is 45.5 Å². The Morgan fingerprint density at radius 1 is 1.23 bits per heavy atom. The predicted molar refractivity (Wildman–Crippen MR) is 87.7 cm³/mol. The highest BCUT2D eigenvalue weighted by atomic mass is 32.2. The van der Waals surface area contributed by atoms with E-state index < -0.39 is 0 Å². The number of rotatable bonds is 2. The van der Waals surface area contributed by atoms with Crippen LogP contribution in [0.1, 0.15) is 4.88 Å². The Kier molecular flexibility index (Phi) is 3.16. The number of thiophene rings is 1. The third kappa shape index (κ3) is 2.18. The van der Waals surface area contributed by atoms with Gasteiger partial charge in [-0.2, -0.15) is 0 Å². The van der Waals surface area contributed by atoms with E-state index in [2.05, 4.69) is 0 Å². The third-order valence-electron chi connectivity index (χ3n) is 3.25. The summed E-state index contributed by atoms with van der Waals surface area (Å²) in [5, 5.41) is 10.2. The van der Waals surface area contributed by atoms with E-state index in [0.29, 0.717) is 22.1 Å². The molecular formula is C15H10N2O3S2. The van der Waals surface area contributed by atoms with Gasteiger partial charge in [0.15, 0.2) is 16.7 Å². The second-order valence-corrected chi connectivity index (χ2v) is 6.62. The minimum atomic E-state index is -0.192. The van der Waals surface area contributed by atoms with Gasteiger partial charge in [0.2, 0.25) is 6.79 Å². The minimum Gasteiger partial charge on any atom is -0.454 e. The molecule has 1 aromatic carbocycles. The van der Waals surface area contributed by atoms with Gasteiger partial charge in [0.25, 0.3) is 5.91 Å². The van der Waals surface area contributed by atoms with Crippen molar-refractivity contribution >= 4 is 45.9 Å². The van der Waals surface area contributed by atoms with Crippen LogP contribution in [0.4, 0.5) is 5.69 Å². The number of nitrogens with one attached hydrogen (secondary N) is 1. The van der Waals surface area contributed by atoms with E-state index in [1.807, 2.05) is 23.6 Å². The van der Waals surface area contributed by atoms with Gasteiger partial charge in [0.1, 0.15) is 0 Å². The van der Waals surface area contributed by atoms with Crippen LogP contribution in [-0.4, -0.2) is 17.9 Å². The SMILES string of the molecule is N=C1S/C(=C\c2cccs2)C(=O)N1c1ccc2c(c1)OCO2. The van der Waals surface area contributed by atoms with E-state index in [-0.39, 0.29) is 17.9 Å². The molecule has 1 fully saturated rings. The second kappa shape index (κ2) is 5.19. The summed E-state index contributed by atoms with van der Waals surface area (Å²) in [5.41, 5.74) is 0.612. The number of benzene rings is 1. The highest BCUT2D eigenvalue weighted by Gasteiger charge is 2.34. The standard InChI is InChI=1S/C15H10N2O3S2/c16-15-17(9-3-4-11-12(6-9)20-8-19-11)14(18)13(22-15)7-10-2-1-5-21-10/h1-7,16H,8H2/b13-7-,16-15?. The largest absolute Gasteiger partial charge is 0.454 e. The maximum atomic E-state index is 12.6. The first-order valence-corrected chi connectivity index (χ1v) is 8.18. The van der Waals surface area contributed by atoms with Gasteiger partial charge in [-0.3, -0.25) is 15.1 Å². The van der Waals surface area contributed by atoms with Crippen LogP contribution in [0.5, 0.6) is 11.5 Å². The molecule has 2 aromatic rings. The number of carbonyl (C=O) groups excluding carboxylic acids is 1. The van der Waals surface area contributed by atoms with Crippen molar-refractivity contribution in [3.63, 3.8) is 0 Å². The van der Waals surface area contributed by atoms with Crippen LogP contribution in [0.3, 0.4) is 0 Å². The summed E-state index contributed by atoms with van der Waals surface area (Å²) in [6.07, 6.45) is 1.82. The molecule has 1 N–H and O–H groups in total. The first-order chi connectivity index (χ1) is 10.7. The molecule has 0 atom stereocenters. The van der Waals surface area contributed by atoms with Crippen molar-refractivity contribution in [2.45, 2.75) is 0 Å². The Hall–Kier alpha value is -2.25. The zero-order valence-corrected chi connectivity index (χ0v) is 12.9. The van der Waals surface area contributed by atoms with Crippen LogP contribution < -0.4 is 14.4 Å². The quantitative estimate of drug-likeness (QED) is 0.856. The number of amides is 1. The summed E-state index contributed by atoms with van der Waals surface area (Å²) >= 11 is 2.72. The highest BCUT2D eigenvalue weighted by Crippen LogP contribution is 2.40. The Balaban J connectivity index is 1.68. The summed E-state index contributed by atoms with van der Waals surface area (Å²) in [4.78, 5) is 15.5. The molecule has 110 valence electrons. The molecule has 0 unspecified atom stereocenters. The van der Waals surface area contributed by atoms with E-state index >= 15 is 0 Å². The van der Waals surface area contributed by atoms with Gasteiger partial charge in [-0.25, -0.2) is 0 Å².